The number of halogens is 2. The van der Waals surface area contributed by atoms with Crippen molar-refractivity contribution in [3.63, 3.8) is 0 Å². The number of imide groups is 1. The molecule has 5 aromatic rings. The van der Waals surface area contributed by atoms with E-state index in [0.717, 1.165) is 67.7 Å². The molecule has 7 rings (SSSR count). The van der Waals surface area contributed by atoms with Crippen LogP contribution in [0.3, 0.4) is 0 Å². The minimum absolute atomic E-state index is 0.0439. The Morgan fingerprint density at radius 2 is 1.83 bits per heavy atom. The second-order valence-electron chi connectivity index (χ2n) is 15.7. The third-order valence-electron chi connectivity index (χ3n) is 11.4. The van der Waals surface area contributed by atoms with Crippen LogP contribution < -0.4 is 25.2 Å². The third-order valence-corrected chi connectivity index (χ3v) is 11.4. The Bertz CT molecular complexity index is 2310. The number of aromatic nitrogens is 5. The molecule has 59 heavy (non-hydrogen) atoms. The Morgan fingerprint density at radius 3 is 2.56 bits per heavy atom. The summed E-state index contributed by atoms with van der Waals surface area (Å²) in [6.07, 6.45) is 5.00. The van der Waals surface area contributed by atoms with Crippen LogP contribution in [0.4, 0.5) is 26.1 Å². The molecular formula is C43H52F2N10O4. The van der Waals surface area contributed by atoms with Gasteiger partial charge in [0.15, 0.2) is 0 Å². The number of nitrogens with one attached hydrogen (secondary N) is 3. The molecule has 2 aliphatic rings. The van der Waals surface area contributed by atoms with Gasteiger partial charge in [-0.15, -0.1) is 0 Å². The van der Waals surface area contributed by atoms with Gasteiger partial charge in [-0.2, -0.15) is 5.10 Å². The predicted octanol–water partition coefficient (Wildman–Crippen LogP) is 6.18. The monoisotopic (exact) mass is 810 g/mol. The van der Waals surface area contributed by atoms with E-state index in [-0.39, 0.29) is 24.3 Å². The summed E-state index contributed by atoms with van der Waals surface area (Å²) >= 11 is 0. The predicted molar refractivity (Wildman–Crippen MR) is 223 cm³/mol. The van der Waals surface area contributed by atoms with E-state index >= 15 is 8.78 Å². The van der Waals surface area contributed by atoms with E-state index in [4.69, 9.17) is 9.72 Å². The summed E-state index contributed by atoms with van der Waals surface area (Å²) in [7, 11) is 3.62. The molecule has 2 aliphatic heterocycles. The summed E-state index contributed by atoms with van der Waals surface area (Å²) in [5.74, 6) is -2.44. The number of H-pyrrole nitrogens is 1. The normalized spacial score (nSPS) is 16.7. The van der Waals surface area contributed by atoms with Gasteiger partial charge in [0.1, 0.15) is 11.6 Å². The van der Waals surface area contributed by atoms with Gasteiger partial charge < -0.3 is 19.5 Å². The molecule has 0 bridgehead atoms. The molecule has 3 amide bonds. The van der Waals surface area contributed by atoms with E-state index in [2.05, 4.69) is 49.3 Å². The summed E-state index contributed by atoms with van der Waals surface area (Å²) in [6, 6.07) is 12.0. The number of hydrogen-bond donors (Lipinski definition) is 3. The number of aryl methyl sites for hydroxylation is 2. The number of benzene rings is 2. The lowest BCUT2D eigenvalue weighted by molar-refractivity contribution is -0.134. The zero-order valence-corrected chi connectivity index (χ0v) is 34.3. The summed E-state index contributed by atoms with van der Waals surface area (Å²) < 4.78 is 38.1. The van der Waals surface area contributed by atoms with Gasteiger partial charge in [0.05, 0.1) is 41.0 Å². The lowest BCUT2D eigenvalue weighted by Crippen LogP contribution is -2.48. The van der Waals surface area contributed by atoms with Crippen LogP contribution in [0.2, 0.25) is 0 Å². The van der Waals surface area contributed by atoms with Crippen LogP contribution in [0.5, 0.6) is 5.88 Å². The number of pyridine rings is 1. The van der Waals surface area contributed by atoms with E-state index < -0.39 is 29.4 Å². The van der Waals surface area contributed by atoms with Crippen molar-refractivity contribution < 1.29 is 27.9 Å². The minimum atomic E-state index is -1.03. The second kappa shape index (κ2) is 17.9. The van der Waals surface area contributed by atoms with Gasteiger partial charge in [-0.25, -0.2) is 18.4 Å². The van der Waals surface area contributed by atoms with E-state index in [1.807, 2.05) is 32.2 Å². The number of aromatic amines is 1. The molecule has 0 spiro atoms. The van der Waals surface area contributed by atoms with Gasteiger partial charge in [0.2, 0.25) is 23.6 Å². The van der Waals surface area contributed by atoms with Crippen LogP contribution in [0, 0.1) is 24.5 Å². The largest absolute Gasteiger partial charge is 0.477 e. The van der Waals surface area contributed by atoms with Gasteiger partial charge in [0.25, 0.3) is 5.91 Å². The van der Waals surface area contributed by atoms with E-state index in [9.17, 15) is 14.4 Å². The highest BCUT2D eigenvalue weighted by atomic mass is 19.1. The number of piperidine rings is 1. The lowest BCUT2D eigenvalue weighted by atomic mass is 9.89. The first kappa shape index (κ1) is 41.3. The number of carbonyl (C=O) groups excluding carboxylic acids is 3. The topological polar surface area (TPSA) is 154 Å². The van der Waals surface area contributed by atoms with Crippen molar-refractivity contribution in [2.45, 2.75) is 58.8 Å². The quantitative estimate of drug-likeness (QED) is 0.0826. The number of nitrogens with zero attached hydrogens (tertiary/aromatic N) is 7. The summed E-state index contributed by atoms with van der Waals surface area (Å²) in [5.41, 5.74) is 5.08. The molecule has 0 radical (unpaired) electrons. The number of anilines is 3. The number of carbonyl (C=O) groups is 3. The summed E-state index contributed by atoms with van der Waals surface area (Å²) in [5, 5.41) is 9.49. The van der Waals surface area contributed by atoms with E-state index in [1.54, 1.807) is 35.0 Å². The molecule has 16 heteroatoms. The van der Waals surface area contributed by atoms with Crippen molar-refractivity contribution in [2.75, 3.05) is 68.0 Å². The fourth-order valence-electron chi connectivity index (χ4n) is 7.69. The molecule has 5 heterocycles. The zero-order chi connectivity index (χ0) is 41.8. The fourth-order valence-corrected chi connectivity index (χ4v) is 7.69. The Morgan fingerprint density at radius 1 is 1.07 bits per heavy atom. The number of likely N-dealkylation sites (N-methyl/N-ethyl adjacent to an activating group) is 1. The number of ether oxygens (including phenoxy) is 1. The maximum absolute atomic E-state index is 15.1. The molecule has 2 atom stereocenters. The van der Waals surface area contributed by atoms with Crippen LogP contribution in [0.1, 0.15) is 73.5 Å². The molecule has 14 nitrogen and oxygen atoms in total. The summed E-state index contributed by atoms with van der Waals surface area (Å²) in [6.45, 7) is 11.2. The van der Waals surface area contributed by atoms with Crippen molar-refractivity contribution in [3.8, 4) is 17.1 Å². The fraction of sp³-hybridized carbons (Fsp3) is 0.442. The maximum Gasteiger partial charge on any atom is 0.258 e. The molecule has 0 unspecified atom stereocenters. The number of piperazine rings is 1. The van der Waals surface area contributed by atoms with Gasteiger partial charge in [0, 0.05) is 88.0 Å². The first-order valence-corrected chi connectivity index (χ1v) is 20.3. The van der Waals surface area contributed by atoms with Gasteiger partial charge >= 0.3 is 0 Å². The molecule has 3 aromatic heterocycles. The SMILES string of the molecule is CC[C@H](C)CCCOc1c(-c2cc(C(=O)Nc3nc4ccc(N5CCN(CCN(C)c6cc(F)c([C@H]7CCC(=O)NC7=O)c(F)c6)CC5)cc4[nH]3)cc(C)n2)cnn1C. The first-order chi connectivity index (χ1) is 28.4. The number of amides is 3. The first-order valence-electron chi connectivity index (χ1n) is 20.3. The maximum atomic E-state index is 15.1. The molecule has 312 valence electrons. The molecule has 2 fully saturated rings. The Kier molecular flexibility index (Phi) is 12.5. The average Bonchev–Trinajstić information content (AvgIpc) is 3.80. The van der Waals surface area contributed by atoms with Crippen LogP contribution in [-0.4, -0.2) is 100 Å². The van der Waals surface area contributed by atoms with Crippen LogP contribution >= 0.6 is 0 Å². The van der Waals surface area contributed by atoms with Crippen LogP contribution in [0.25, 0.3) is 22.3 Å². The standard InChI is InChI=1S/C43H52F2N10O4/c1-6-26(2)8-7-19-59-42-32(25-46-53(42)5)36-21-28(20-27(3)47-36)40(57)51-43-48-35-11-9-29(24-37(35)49-43)55-17-15-54(16-18-55)14-13-52(4)30-22-33(44)39(34(45)23-30)31-10-12-38(56)50-41(31)58/h9,11,20-26,31H,6-8,10,12-19H2,1-5H3,(H,50,56,58)(H2,48,49,51,57)/t26-,31+/m0/s1. The van der Waals surface area contributed by atoms with Crippen molar-refractivity contribution in [2.24, 2.45) is 13.0 Å². The summed E-state index contributed by atoms with van der Waals surface area (Å²) in [4.78, 5) is 56.3. The Balaban J connectivity index is 0.928. The molecule has 3 N–H and O–H groups in total. The molecule has 0 aliphatic carbocycles. The highest BCUT2D eigenvalue weighted by Gasteiger charge is 2.33. The average molecular weight is 811 g/mol. The lowest BCUT2D eigenvalue weighted by Gasteiger charge is -2.37. The van der Waals surface area contributed by atoms with Gasteiger partial charge in [-0.05, 0) is 74.6 Å². The van der Waals surface area contributed by atoms with E-state index in [0.29, 0.717) is 60.1 Å². The van der Waals surface area contributed by atoms with Crippen molar-refractivity contribution in [1.82, 2.24) is 34.9 Å². The Labute approximate surface area is 342 Å². The highest BCUT2D eigenvalue weighted by Crippen LogP contribution is 2.33. The van der Waals surface area contributed by atoms with Gasteiger partial charge in [-0.1, -0.05) is 20.3 Å². The molecular weight excluding hydrogens is 759 g/mol. The smallest absolute Gasteiger partial charge is 0.258 e. The minimum Gasteiger partial charge on any atom is -0.477 e. The number of rotatable bonds is 15. The van der Waals surface area contributed by atoms with Crippen LogP contribution in [0.15, 0.2) is 48.7 Å². The highest BCUT2D eigenvalue weighted by molar-refractivity contribution is 6.05. The van der Waals surface area contributed by atoms with Crippen molar-refractivity contribution in [3.05, 3.63) is 77.1 Å². The van der Waals surface area contributed by atoms with Gasteiger partial charge in [-0.3, -0.25) is 34.9 Å². The van der Waals surface area contributed by atoms with Crippen molar-refractivity contribution >= 4 is 46.1 Å². The van der Waals surface area contributed by atoms with E-state index in [1.165, 1.54) is 12.1 Å². The number of hydrogen-bond acceptors (Lipinski definition) is 10. The molecule has 2 aromatic carbocycles. The number of imidazole rings is 1. The molecule has 0 saturated carbocycles. The number of fused-ring (bicyclic) bond motifs is 1. The van der Waals surface area contributed by atoms with Crippen molar-refractivity contribution in [1.29, 1.82) is 0 Å². The Hall–Kier alpha value is -5.90. The molecule has 2 saturated heterocycles. The zero-order valence-electron chi connectivity index (χ0n) is 34.3. The third kappa shape index (κ3) is 9.54. The second-order valence-corrected chi connectivity index (χ2v) is 15.7. The van der Waals surface area contributed by atoms with Crippen LogP contribution in [-0.2, 0) is 16.6 Å².